The Morgan fingerprint density at radius 3 is 2.37 bits per heavy atom. The molecular weight excluding hydrogens is 428 g/mol. The first-order valence-electron chi connectivity index (χ1n) is 12.3. The zero-order valence-corrected chi connectivity index (χ0v) is 19.8. The average molecular weight is 451 g/mol. The highest BCUT2D eigenvalue weighted by atomic mass is 16.3. The molecule has 1 aliphatic carbocycles. The molecule has 8 aromatic rings. The molecule has 35 heavy (non-hydrogen) atoms. The third-order valence-corrected chi connectivity index (χ3v) is 8.62. The average Bonchev–Trinajstić information content (AvgIpc) is 3.52. The summed E-state index contributed by atoms with van der Waals surface area (Å²) in [4.78, 5) is 0. The summed E-state index contributed by atoms with van der Waals surface area (Å²) in [5.41, 5.74) is 12.2. The third kappa shape index (κ3) is 1.80. The third-order valence-electron chi connectivity index (χ3n) is 8.62. The summed E-state index contributed by atoms with van der Waals surface area (Å²) in [6, 6.07) is 28.8. The van der Waals surface area contributed by atoms with Gasteiger partial charge in [-0.3, -0.25) is 0 Å². The predicted molar refractivity (Wildman–Crippen MR) is 145 cm³/mol. The van der Waals surface area contributed by atoms with E-state index in [4.69, 9.17) is 4.42 Å². The Hall–Kier alpha value is -4.24. The van der Waals surface area contributed by atoms with Crippen molar-refractivity contribution >= 4 is 60.2 Å². The van der Waals surface area contributed by atoms with Gasteiger partial charge in [0.1, 0.15) is 11.1 Å². The second-order valence-corrected chi connectivity index (χ2v) is 10.6. The largest absolute Gasteiger partial charge is 0.454 e. The van der Waals surface area contributed by atoms with E-state index >= 15 is 0 Å². The summed E-state index contributed by atoms with van der Waals surface area (Å²) >= 11 is 0. The van der Waals surface area contributed by atoms with Crippen LogP contribution >= 0.6 is 0 Å². The van der Waals surface area contributed by atoms with E-state index in [-0.39, 0.29) is 5.41 Å². The highest BCUT2D eigenvalue weighted by molar-refractivity contribution is 6.32. The smallest absolute Gasteiger partial charge is 0.161 e. The summed E-state index contributed by atoms with van der Waals surface area (Å²) in [5, 5.41) is 6.36. The van der Waals surface area contributed by atoms with Crippen molar-refractivity contribution in [1.82, 2.24) is 8.97 Å². The highest BCUT2D eigenvalue weighted by Gasteiger charge is 2.40. The molecule has 0 unspecified atom stereocenters. The van der Waals surface area contributed by atoms with Gasteiger partial charge in [-0.2, -0.15) is 0 Å². The molecule has 3 nitrogen and oxygen atoms in total. The Bertz CT molecular complexity index is 2200. The molecule has 4 heterocycles. The van der Waals surface area contributed by atoms with Gasteiger partial charge in [-0.1, -0.05) is 62.4 Å². The SMILES string of the molecule is Cn1c2cccc3c4c(n5c6c7ccccc7oc6c6ccc1c(c32)c65)C(C)(C)c1ccccc1-4. The lowest BCUT2D eigenvalue weighted by Crippen LogP contribution is -2.18. The topological polar surface area (TPSA) is 22.5 Å². The molecule has 4 aromatic heterocycles. The minimum absolute atomic E-state index is 0.167. The molecular formula is C32H22N2O. The van der Waals surface area contributed by atoms with E-state index in [1.807, 2.05) is 0 Å². The monoisotopic (exact) mass is 450 g/mol. The molecule has 0 saturated carbocycles. The summed E-state index contributed by atoms with van der Waals surface area (Å²) in [6.45, 7) is 4.76. The van der Waals surface area contributed by atoms with Crippen LogP contribution in [0.15, 0.2) is 83.3 Å². The van der Waals surface area contributed by atoms with Crippen LogP contribution in [0.1, 0.15) is 25.1 Å². The molecule has 0 amide bonds. The number of fused-ring (bicyclic) bond motifs is 10. The van der Waals surface area contributed by atoms with E-state index in [0.717, 1.165) is 11.2 Å². The molecule has 0 radical (unpaired) electrons. The van der Waals surface area contributed by atoms with E-state index < -0.39 is 0 Å². The number of rotatable bonds is 0. The first kappa shape index (κ1) is 18.1. The van der Waals surface area contributed by atoms with Crippen molar-refractivity contribution in [3.8, 4) is 11.1 Å². The standard InChI is InChI=1S/C32H22N2O/c1-32(2)21-12-6-4-9-17(21)25-19-11-8-13-22-26(19)27-23(33(22)3)16-15-20-28(27)34(31(25)32)29-18-10-5-7-14-24(18)35-30(20)29/h4-16H,1-3H3. The molecule has 166 valence electrons. The zero-order chi connectivity index (χ0) is 23.2. The van der Waals surface area contributed by atoms with E-state index in [1.54, 1.807) is 0 Å². The van der Waals surface area contributed by atoms with Gasteiger partial charge in [0.25, 0.3) is 0 Å². The van der Waals surface area contributed by atoms with Gasteiger partial charge in [0.05, 0.1) is 11.0 Å². The van der Waals surface area contributed by atoms with Gasteiger partial charge >= 0.3 is 0 Å². The van der Waals surface area contributed by atoms with Crippen molar-refractivity contribution in [3.05, 3.63) is 90.1 Å². The van der Waals surface area contributed by atoms with Gasteiger partial charge in [0, 0.05) is 50.8 Å². The summed E-state index contributed by atoms with van der Waals surface area (Å²) in [6.07, 6.45) is 0. The lowest BCUT2D eigenvalue weighted by Gasteiger charge is -2.22. The maximum Gasteiger partial charge on any atom is 0.161 e. The summed E-state index contributed by atoms with van der Waals surface area (Å²) in [7, 11) is 2.19. The predicted octanol–water partition coefficient (Wildman–Crippen LogP) is 8.38. The summed E-state index contributed by atoms with van der Waals surface area (Å²) in [5.74, 6) is 0. The molecule has 0 spiro atoms. The Balaban J connectivity index is 1.76. The van der Waals surface area contributed by atoms with Crippen molar-refractivity contribution in [2.45, 2.75) is 19.3 Å². The Labute approximate surface area is 201 Å². The van der Waals surface area contributed by atoms with Crippen LogP contribution in [0.4, 0.5) is 0 Å². The first-order valence-corrected chi connectivity index (χ1v) is 12.3. The van der Waals surface area contributed by atoms with Crippen LogP contribution in [0.2, 0.25) is 0 Å². The minimum atomic E-state index is -0.167. The fourth-order valence-electron chi connectivity index (χ4n) is 7.19. The van der Waals surface area contributed by atoms with Gasteiger partial charge in [-0.15, -0.1) is 0 Å². The summed E-state index contributed by atoms with van der Waals surface area (Å²) < 4.78 is 11.5. The van der Waals surface area contributed by atoms with Gasteiger partial charge < -0.3 is 13.4 Å². The van der Waals surface area contributed by atoms with Crippen LogP contribution in [0.3, 0.4) is 0 Å². The number of nitrogens with zero attached hydrogens (tertiary/aromatic N) is 2. The van der Waals surface area contributed by atoms with E-state index in [0.29, 0.717) is 0 Å². The van der Waals surface area contributed by atoms with Gasteiger partial charge in [-0.05, 0) is 46.8 Å². The van der Waals surface area contributed by atoms with Crippen LogP contribution < -0.4 is 0 Å². The van der Waals surface area contributed by atoms with Crippen LogP contribution in [0.5, 0.6) is 0 Å². The normalized spacial score (nSPS) is 14.9. The Kier molecular flexibility index (Phi) is 2.86. The number of hydrogen-bond acceptors (Lipinski definition) is 1. The van der Waals surface area contributed by atoms with Crippen LogP contribution in [-0.2, 0) is 12.5 Å². The van der Waals surface area contributed by atoms with Crippen LogP contribution in [0, 0.1) is 0 Å². The molecule has 3 heteroatoms. The second-order valence-electron chi connectivity index (χ2n) is 10.6. The fraction of sp³-hybridized carbons (Fsp3) is 0.125. The molecule has 0 saturated heterocycles. The van der Waals surface area contributed by atoms with Crippen molar-refractivity contribution in [1.29, 1.82) is 0 Å². The molecule has 4 aromatic carbocycles. The van der Waals surface area contributed by atoms with E-state index in [9.17, 15) is 0 Å². The Morgan fingerprint density at radius 1 is 0.686 bits per heavy atom. The Morgan fingerprint density at radius 2 is 1.46 bits per heavy atom. The van der Waals surface area contributed by atoms with Crippen LogP contribution in [0.25, 0.3) is 71.3 Å². The maximum absolute atomic E-state index is 6.58. The molecule has 0 N–H and O–H groups in total. The molecule has 0 atom stereocenters. The zero-order valence-electron chi connectivity index (χ0n) is 19.8. The first-order chi connectivity index (χ1) is 17.1. The number of benzene rings is 4. The van der Waals surface area contributed by atoms with E-state index in [1.165, 1.54) is 71.4 Å². The van der Waals surface area contributed by atoms with Crippen molar-refractivity contribution in [2.24, 2.45) is 7.05 Å². The lowest BCUT2D eigenvalue weighted by molar-refractivity contribution is 0.632. The molecule has 1 aliphatic rings. The number of aryl methyl sites for hydroxylation is 1. The van der Waals surface area contributed by atoms with Gasteiger partial charge in [-0.25, -0.2) is 0 Å². The molecule has 0 aliphatic heterocycles. The van der Waals surface area contributed by atoms with E-state index in [2.05, 4.69) is 109 Å². The number of furan rings is 1. The number of hydrogen-bond donors (Lipinski definition) is 0. The number of aromatic nitrogens is 2. The number of para-hydroxylation sites is 1. The highest BCUT2D eigenvalue weighted by Crippen LogP contribution is 2.55. The second kappa shape index (κ2) is 5.52. The molecule has 9 rings (SSSR count). The minimum Gasteiger partial charge on any atom is -0.454 e. The van der Waals surface area contributed by atoms with Gasteiger partial charge in [0.15, 0.2) is 5.58 Å². The van der Waals surface area contributed by atoms with Crippen molar-refractivity contribution < 1.29 is 4.42 Å². The molecule has 0 fully saturated rings. The van der Waals surface area contributed by atoms with Crippen molar-refractivity contribution in [3.63, 3.8) is 0 Å². The maximum atomic E-state index is 6.58. The molecule has 0 bridgehead atoms. The van der Waals surface area contributed by atoms with Gasteiger partial charge in [0.2, 0.25) is 0 Å². The quantitative estimate of drug-likeness (QED) is 0.227. The lowest BCUT2D eigenvalue weighted by atomic mass is 9.85. The van der Waals surface area contributed by atoms with Crippen molar-refractivity contribution in [2.75, 3.05) is 0 Å². The van der Waals surface area contributed by atoms with Crippen LogP contribution in [-0.4, -0.2) is 8.97 Å². The fourth-order valence-corrected chi connectivity index (χ4v) is 7.19.